The fourth-order valence-corrected chi connectivity index (χ4v) is 8.84. The van der Waals surface area contributed by atoms with Crippen LogP contribution in [0.15, 0.2) is 122 Å². The van der Waals surface area contributed by atoms with Crippen molar-refractivity contribution in [2.75, 3.05) is 13.2 Å². The summed E-state index contributed by atoms with van der Waals surface area (Å²) in [6.45, 7) is 6.44. The van der Waals surface area contributed by atoms with Crippen LogP contribution in [-0.4, -0.2) is 37.2 Å². The fraction of sp³-hybridized carbons (Fsp3) is 0.681. The quantitative estimate of drug-likeness (QED) is 0.0261. The first-order chi connectivity index (χ1) is 38.5. The number of hydrogen-bond donors (Lipinski definition) is 0. The van der Waals surface area contributed by atoms with Gasteiger partial charge in [0.1, 0.15) is 13.2 Å². The Morgan fingerprint density at radius 3 is 0.795 bits per heavy atom. The van der Waals surface area contributed by atoms with Crippen molar-refractivity contribution in [2.45, 2.75) is 303 Å². The van der Waals surface area contributed by atoms with Crippen LogP contribution >= 0.6 is 0 Å². The lowest BCUT2D eigenvalue weighted by molar-refractivity contribution is -0.167. The van der Waals surface area contributed by atoms with Crippen molar-refractivity contribution in [1.82, 2.24) is 0 Å². The summed E-state index contributed by atoms with van der Waals surface area (Å²) in [4.78, 5) is 38.0. The van der Waals surface area contributed by atoms with Crippen molar-refractivity contribution in [3.63, 3.8) is 0 Å². The van der Waals surface area contributed by atoms with Crippen LogP contribution in [0.3, 0.4) is 0 Å². The van der Waals surface area contributed by atoms with Gasteiger partial charge >= 0.3 is 17.9 Å². The van der Waals surface area contributed by atoms with Crippen molar-refractivity contribution in [3.8, 4) is 0 Å². The molecule has 1 atom stereocenters. The summed E-state index contributed by atoms with van der Waals surface area (Å²) >= 11 is 0. The molecule has 0 aromatic heterocycles. The van der Waals surface area contributed by atoms with Crippen LogP contribution in [0.25, 0.3) is 0 Å². The van der Waals surface area contributed by atoms with Gasteiger partial charge in [-0.05, 0) is 116 Å². The van der Waals surface area contributed by atoms with Crippen LogP contribution in [0.1, 0.15) is 297 Å². The average molecular weight is 1080 g/mol. The SMILES string of the molecule is CC/C=C\C/C=C\C/C=C\C/C=C\C/C=C\C/C=C\C/C=C\CCCCCC(=O)OC(COC(=O)CCCCCCCC)COC(=O)CCCCCCCCCCCCCCCC/C=C\C/C=C\C/C=C\CCCCCCC. The highest BCUT2D eigenvalue weighted by Gasteiger charge is 2.19. The van der Waals surface area contributed by atoms with Crippen LogP contribution in [-0.2, 0) is 28.6 Å². The zero-order chi connectivity index (χ0) is 56.4. The minimum absolute atomic E-state index is 0.0929. The summed E-state index contributed by atoms with van der Waals surface area (Å²) in [5.41, 5.74) is 0. The number of carbonyl (C=O) groups excluding carboxylic acids is 3. The maximum atomic E-state index is 12.8. The Balaban J connectivity index is 4.15. The van der Waals surface area contributed by atoms with Gasteiger partial charge in [-0.3, -0.25) is 14.4 Å². The van der Waals surface area contributed by atoms with Gasteiger partial charge in [-0.1, -0.05) is 284 Å². The van der Waals surface area contributed by atoms with E-state index in [2.05, 4.69) is 142 Å². The van der Waals surface area contributed by atoms with E-state index in [0.29, 0.717) is 12.8 Å². The molecule has 0 fully saturated rings. The molecule has 0 rings (SSSR count). The maximum absolute atomic E-state index is 12.8. The Labute approximate surface area is 482 Å². The van der Waals surface area contributed by atoms with Crippen LogP contribution in [0.4, 0.5) is 0 Å². The molecule has 0 aromatic rings. The van der Waals surface area contributed by atoms with Gasteiger partial charge in [0.2, 0.25) is 0 Å². The van der Waals surface area contributed by atoms with Gasteiger partial charge in [-0.15, -0.1) is 0 Å². The Hall–Kier alpha value is -4.19. The summed E-state index contributed by atoms with van der Waals surface area (Å²) in [6.07, 6.45) is 91.0. The van der Waals surface area contributed by atoms with Crippen molar-refractivity contribution >= 4 is 17.9 Å². The van der Waals surface area contributed by atoms with E-state index < -0.39 is 6.10 Å². The second-order valence-corrected chi connectivity index (χ2v) is 21.3. The molecule has 6 nitrogen and oxygen atoms in total. The zero-order valence-electron chi connectivity index (χ0n) is 50.9. The molecule has 0 radical (unpaired) electrons. The molecule has 444 valence electrons. The number of rotatable bonds is 58. The summed E-state index contributed by atoms with van der Waals surface area (Å²) in [6, 6.07) is 0. The highest BCUT2D eigenvalue weighted by molar-refractivity contribution is 5.71. The molecule has 0 saturated heterocycles. The highest BCUT2D eigenvalue weighted by Crippen LogP contribution is 2.16. The number of esters is 3. The van der Waals surface area contributed by atoms with Gasteiger partial charge in [-0.25, -0.2) is 0 Å². The predicted molar refractivity (Wildman–Crippen MR) is 339 cm³/mol. The summed E-state index contributed by atoms with van der Waals surface area (Å²) in [5.74, 6) is -0.934. The highest BCUT2D eigenvalue weighted by atomic mass is 16.6. The number of carbonyl (C=O) groups is 3. The lowest BCUT2D eigenvalue weighted by atomic mass is 10.0. The molecular formula is C72H120O6. The molecule has 0 aromatic carbocycles. The first-order valence-corrected chi connectivity index (χ1v) is 32.5. The topological polar surface area (TPSA) is 78.9 Å². The number of allylic oxidation sites excluding steroid dienone is 20. The number of hydrogen-bond acceptors (Lipinski definition) is 6. The van der Waals surface area contributed by atoms with Crippen molar-refractivity contribution < 1.29 is 28.6 Å². The molecule has 78 heavy (non-hydrogen) atoms. The van der Waals surface area contributed by atoms with Gasteiger partial charge in [0.15, 0.2) is 6.10 Å². The van der Waals surface area contributed by atoms with Gasteiger partial charge < -0.3 is 14.2 Å². The molecule has 0 spiro atoms. The van der Waals surface area contributed by atoms with Gasteiger partial charge in [0, 0.05) is 19.3 Å². The molecule has 6 heteroatoms. The standard InChI is InChI=1S/C72H120O6/c1-4-7-10-13-16-18-20-22-24-26-28-30-32-34-35-36-37-39-40-42-44-46-48-50-52-54-56-59-62-65-71(74)77-68-69(67-76-70(73)64-61-58-15-12-9-6-3)78-72(75)66-63-60-57-55-53-51-49-47-45-43-41-38-33-31-29-27-25-23-21-19-17-14-11-8-5-2/h8,11,17,19-20,22-23,25-26,28-29,31-32,34,38,41,45,47,51,53,69H,4-7,9-10,12-16,18,21,24,27,30,33,35-37,39-40,42-44,46,48-50,52,54-68H2,1-3H3/b11-8-,19-17-,22-20-,25-23-,28-26-,31-29-,34-32-,41-38-,47-45-,53-51-. The fourth-order valence-electron chi connectivity index (χ4n) is 8.84. The summed E-state index contributed by atoms with van der Waals surface area (Å²) in [7, 11) is 0. The normalized spacial score (nSPS) is 12.9. The molecule has 0 aliphatic rings. The minimum atomic E-state index is -0.796. The van der Waals surface area contributed by atoms with E-state index in [1.54, 1.807) is 0 Å². The first-order valence-electron chi connectivity index (χ1n) is 32.5. The molecule has 1 unspecified atom stereocenters. The van der Waals surface area contributed by atoms with E-state index in [-0.39, 0.29) is 37.5 Å². The van der Waals surface area contributed by atoms with E-state index in [9.17, 15) is 14.4 Å². The molecular weight excluding hydrogens is 961 g/mol. The number of unbranched alkanes of at least 4 members (excludes halogenated alkanes) is 27. The van der Waals surface area contributed by atoms with Gasteiger partial charge in [-0.2, -0.15) is 0 Å². The van der Waals surface area contributed by atoms with E-state index in [1.807, 2.05) is 0 Å². The van der Waals surface area contributed by atoms with Crippen LogP contribution in [0, 0.1) is 0 Å². The van der Waals surface area contributed by atoms with E-state index in [0.717, 1.165) is 122 Å². The Kier molecular flexibility index (Phi) is 61.8. The second kappa shape index (κ2) is 65.3. The van der Waals surface area contributed by atoms with Crippen LogP contribution in [0.2, 0.25) is 0 Å². The third-order valence-corrected chi connectivity index (χ3v) is 13.7. The Bertz CT molecular complexity index is 1620. The second-order valence-electron chi connectivity index (χ2n) is 21.3. The van der Waals surface area contributed by atoms with E-state index in [1.165, 1.54) is 135 Å². The zero-order valence-corrected chi connectivity index (χ0v) is 50.9. The smallest absolute Gasteiger partial charge is 0.306 e. The van der Waals surface area contributed by atoms with E-state index in [4.69, 9.17) is 14.2 Å². The van der Waals surface area contributed by atoms with Crippen molar-refractivity contribution in [2.24, 2.45) is 0 Å². The van der Waals surface area contributed by atoms with Crippen LogP contribution < -0.4 is 0 Å². The first kappa shape index (κ1) is 73.8. The Morgan fingerprint density at radius 1 is 0.269 bits per heavy atom. The molecule has 0 N–H and O–H groups in total. The average Bonchev–Trinajstić information content (AvgIpc) is 3.44. The van der Waals surface area contributed by atoms with Gasteiger partial charge in [0.05, 0.1) is 0 Å². The van der Waals surface area contributed by atoms with Gasteiger partial charge in [0.25, 0.3) is 0 Å². The molecule has 0 saturated carbocycles. The maximum Gasteiger partial charge on any atom is 0.306 e. The lowest BCUT2D eigenvalue weighted by Gasteiger charge is -2.18. The minimum Gasteiger partial charge on any atom is -0.462 e. The molecule has 0 aliphatic carbocycles. The summed E-state index contributed by atoms with van der Waals surface area (Å²) in [5, 5.41) is 0. The summed E-state index contributed by atoms with van der Waals surface area (Å²) < 4.78 is 16.8. The van der Waals surface area contributed by atoms with Crippen molar-refractivity contribution in [1.29, 1.82) is 0 Å². The lowest BCUT2D eigenvalue weighted by Crippen LogP contribution is -2.30. The van der Waals surface area contributed by atoms with E-state index >= 15 is 0 Å². The predicted octanol–water partition coefficient (Wildman–Crippen LogP) is 22.4. The third-order valence-electron chi connectivity index (χ3n) is 13.7. The molecule has 0 aliphatic heterocycles. The number of ether oxygens (including phenoxy) is 3. The molecule has 0 heterocycles. The van der Waals surface area contributed by atoms with Crippen molar-refractivity contribution in [3.05, 3.63) is 122 Å². The molecule has 0 bridgehead atoms. The van der Waals surface area contributed by atoms with Crippen LogP contribution in [0.5, 0.6) is 0 Å². The Morgan fingerprint density at radius 2 is 0.500 bits per heavy atom. The molecule has 0 amide bonds. The largest absolute Gasteiger partial charge is 0.462 e. The third kappa shape index (κ3) is 62.7. The monoisotopic (exact) mass is 1080 g/mol.